The fourth-order valence-electron chi connectivity index (χ4n) is 1.18. The fourth-order valence-corrected chi connectivity index (χ4v) is 1.30. The summed E-state index contributed by atoms with van der Waals surface area (Å²) in [5.41, 5.74) is 1.28. The summed E-state index contributed by atoms with van der Waals surface area (Å²) in [6.07, 6.45) is 0. The summed E-state index contributed by atoms with van der Waals surface area (Å²) in [6, 6.07) is 8.35. The smallest absolute Gasteiger partial charge is 0.0406 e. The molecule has 0 aliphatic heterocycles. The summed E-state index contributed by atoms with van der Waals surface area (Å²) >= 11 is 5.77. The van der Waals surface area contributed by atoms with E-state index in [9.17, 15) is 0 Å². The molecule has 0 heterocycles. The van der Waals surface area contributed by atoms with Crippen molar-refractivity contribution in [2.24, 2.45) is 0 Å². The molecule has 0 amide bonds. The number of nitrogens with one attached hydrogen (secondary N) is 1. The van der Waals surface area contributed by atoms with E-state index in [2.05, 4.69) is 31.3 Å². The van der Waals surface area contributed by atoms with E-state index in [0.29, 0.717) is 6.04 Å². The first-order chi connectivity index (χ1) is 5.74. The van der Waals surface area contributed by atoms with E-state index in [0.717, 1.165) is 11.6 Å². The molecule has 1 aromatic rings. The van der Waals surface area contributed by atoms with Crippen LogP contribution < -0.4 is 5.32 Å². The van der Waals surface area contributed by atoms with E-state index in [4.69, 9.17) is 11.6 Å². The van der Waals surface area contributed by atoms with Crippen LogP contribution in [0.5, 0.6) is 0 Å². The molecule has 1 N–H and O–H groups in total. The van der Waals surface area contributed by atoms with E-state index >= 15 is 0 Å². The van der Waals surface area contributed by atoms with Gasteiger partial charge in [-0.3, -0.25) is 0 Å². The second-order valence-corrected chi connectivity index (χ2v) is 3.27. The molecule has 12 heavy (non-hydrogen) atoms. The Morgan fingerprint density at radius 2 is 1.92 bits per heavy atom. The molecule has 0 radical (unpaired) electrons. The average molecular weight is 184 g/mol. The van der Waals surface area contributed by atoms with Crippen molar-refractivity contribution in [3.8, 4) is 0 Å². The van der Waals surface area contributed by atoms with Crippen LogP contribution in [0.2, 0.25) is 5.02 Å². The van der Waals surface area contributed by atoms with E-state index in [1.807, 2.05) is 12.1 Å². The molecule has 1 rings (SSSR count). The standard InChI is InChI=1S/C10H14ClN/c1-3-12-8(2)9-4-6-10(11)7-5-9/h4-8,12H,3H2,1-2H3. The lowest BCUT2D eigenvalue weighted by atomic mass is 10.1. The van der Waals surface area contributed by atoms with Crippen LogP contribution in [0.4, 0.5) is 0 Å². The third-order valence-corrected chi connectivity index (χ3v) is 2.13. The predicted octanol–water partition coefficient (Wildman–Crippen LogP) is 3.01. The summed E-state index contributed by atoms with van der Waals surface area (Å²) < 4.78 is 0. The molecule has 0 fully saturated rings. The summed E-state index contributed by atoms with van der Waals surface area (Å²) in [7, 11) is 0. The maximum atomic E-state index is 5.77. The Balaban J connectivity index is 2.68. The highest BCUT2D eigenvalue weighted by Gasteiger charge is 2.01. The molecule has 0 saturated carbocycles. The molecule has 1 atom stereocenters. The van der Waals surface area contributed by atoms with Gasteiger partial charge in [-0.15, -0.1) is 0 Å². The lowest BCUT2D eigenvalue weighted by Crippen LogP contribution is -2.17. The van der Waals surface area contributed by atoms with Crippen molar-refractivity contribution < 1.29 is 0 Å². The number of hydrogen-bond donors (Lipinski definition) is 1. The molecule has 1 aromatic carbocycles. The first-order valence-corrected chi connectivity index (χ1v) is 4.60. The summed E-state index contributed by atoms with van der Waals surface area (Å²) in [4.78, 5) is 0. The Labute approximate surface area is 78.7 Å². The van der Waals surface area contributed by atoms with Crippen molar-refractivity contribution in [2.45, 2.75) is 19.9 Å². The summed E-state index contributed by atoms with van der Waals surface area (Å²) in [6.45, 7) is 5.24. The molecule has 1 nitrogen and oxygen atoms in total. The van der Waals surface area contributed by atoms with Gasteiger partial charge in [-0.05, 0) is 31.2 Å². The number of hydrogen-bond acceptors (Lipinski definition) is 1. The average Bonchev–Trinajstić information content (AvgIpc) is 2.06. The van der Waals surface area contributed by atoms with Crippen molar-refractivity contribution in [1.29, 1.82) is 0 Å². The zero-order valence-electron chi connectivity index (χ0n) is 7.47. The van der Waals surface area contributed by atoms with Gasteiger partial charge < -0.3 is 5.32 Å². The quantitative estimate of drug-likeness (QED) is 0.760. The lowest BCUT2D eigenvalue weighted by Gasteiger charge is -2.11. The highest BCUT2D eigenvalue weighted by molar-refractivity contribution is 6.30. The second kappa shape index (κ2) is 4.48. The fraction of sp³-hybridized carbons (Fsp3) is 0.400. The van der Waals surface area contributed by atoms with Crippen LogP contribution in [-0.4, -0.2) is 6.54 Å². The van der Waals surface area contributed by atoms with E-state index in [-0.39, 0.29) is 0 Å². The zero-order valence-corrected chi connectivity index (χ0v) is 8.23. The van der Waals surface area contributed by atoms with Crippen LogP contribution in [0, 0.1) is 0 Å². The number of halogens is 1. The maximum Gasteiger partial charge on any atom is 0.0406 e. The Bertz CT molecular complexity index is 230. The Morgan fingerprint density at radius 3 is 2.42 bits per heavy atom. The van der Waals surface area contributed by atoms with Gasteiger partial charge in [0.25, 0.3) is 0 Å². The minimum absolute atomic E-state index is 0.410. The predicted molar refractivity (Wildman–Crippen MR) is 53.5 cm³/mol. The third kappa shape index (κ3) is 2.50. The van der Waals surface area contributed by atoms with E-state index < -0.39 is 0 Å². The molecule has 0 bridgehead atoms. The van der Waals surface area contributed by atoms with Gasteiger partial charge in [0.1, 0.15) is 0 Å². The molecule has 0 aliphatic rings. The van der Waals surface area contributed by atoms with Crippen molar-refractivity contribution in [3.63, 3.8) is 0 Å². The van der Waals surface area contributed by atoms with Crippen LogP contribution >= 0.6 is 11.6 Å². The Morgan fingerprint density at radius 1 is 1.33 bits per heavy atom. The second-order valence-electron chi connectivity index (χ2n) is 2.83. The first kappa shape index (κ1) is 9.56. The van der Waals surface area contributed by atoms with E-state index in [1.165, 1.54) is 5.56 Å². The summed E-state index contributed by atoms with van der Waals surface area (Å²) in [5.74, 6) is 0. The largest absolute Gasteiger partial charge is 0.310 e. The lowest BCUT2D eigenvalue weighted by molar-refractivity contribution is 0.598. The van der Waals surface area contributed by atoms with Gasteiger partial charge in [0.05, 0.1) is 0 Å². The minimum atomic E-state index is 0.410. The molecule has 0 aliphatic carbocycles. The molecule has 0 aromatic heterocycles. The highest BCUT2D eigenvalue weighted by atomic mass is 35.5. The van der Waals surface area contributed by atoms with E-state index in [1.54, 1.807) is 0 Å². The molecule has 2 heteroatoms. The van der Waals surface area contributed by atoms with Crippen LogP contribution in [0.1, 0.15) is 25.5 Å². The van der Waals surface area contributed by atoms with Crippen molar-refractivity contribution in [2.75, 3.05) is 6.54 Å². The van der Waals surface area contributed by atoms with Crippen molar-refractivity contribution >= 4 is 11.6 Å². The maximum absolute atomic E-state index is 5.77. The van der Waals surface area contributed by atoms with Gasteiger partial charge in [0.2, 0.25) is 0 Å². The van der Waals surface area contributed by atoms with Crippen LogP contribution in [0.3, 0.4) is 0 Å². The number of benzene rings is 1. The monoisotopic (exact) mass is 183 g/mol. The normalized spacial score (nSPS) is 12.9. The van der Waals surface area contributed by atoms with Gasteiger partial charge >= 0.3 is 0 Å². The molecular formula is C10H14ClN. The van der Waals surface area contributed by atoms with Crippen LogP contribution in [0.15, 0.2) is 24.3 Å². The van der Waals surface area contributed by atoms with Gasteiger partial charge in [0.15, 0.2) is 0 Å². The minimum Gasteiger partial charge on any atom is -0.310 e. The topological polar surface area (TPSA) is 12.0 Å². The molecule has 0 saturated heterocycles. The Kier molecular flexibility index (Phi) is 3.57. The summed E-state index contributed by atoms with van der Waals surface area (Å²) in [5, 5.41) is 4.13. The third-order valence-electron chi connectivity index (χ3n) is 1.88. The molecule has 1 unspecified atom stereocenters. The molecule has 0 spiro atoms. The van der Waals surface area contributed by atoms with Gasteiger partial charge in [0, 0.05) is 11.1 Å². The van der Waals surface area contributed by atoms with Crippen LogP contribution in [0.25, 0.3) is 0 Å². The SMILES string of the molecule is CCNC(C)c1ccc(Cl)cc1. The highest BCUT2D eigenvalue weighted by Crippen LogP contribution is 2.15. The van der Waals surface area contributed by atoms with Gasteiger partial charge in [-0.1, -0.05) is 30.7 Å². The van der Waals surface area contributed by atoms with Gasteiger partial charge in [-0.2, -0.15) is 0 Å². The van der Waals surface area contributed by atoms with Crippen molar-refractivity contribution in [1.82, 2.24) is 5.32 Å². The Hall–Kier alpha value is -0.530. The van der Waals surface area contributed by atoms with Gasteiger partial charge in [-0.25, -0.2) is 0 Å². The van der Waals surface area contributed by atoms with Crippen LogP contribution in [-0.2, 0) is 0 Å². The molecule has 66 valence electrons. The number of rotatable bonds is 3. The first-order valence-electron chi connectivity index (χ1n) is 4.23. The molecular weight excluding hydrogens is 170 g/mol. The van der Waals surface area contributed by atoms with Crippen molar-refractivity contribution in [3.05, 3.63) is 34.9 Å². The zero-order chi connectivity index (χ0) is 8.97.